The van der Waals surface area contributed by atoms with Gasteiger partial charge in [0.1, 0.15) is 5.82 Å². The summed E-state index contributed by atoms with van der Waals surface area (Å²) in [7, 11) is 0. The van der Waals surface area contributed by atoms with Gasteiger partial charge in [-0.1, -0.05) is 6.07 Å². The molecule has 0 fully saturated rings. The molecule has 2 aromatic carbocycles. The number of rotatable bonds is 5. The van der Waals surface area contributed by atoms with Gasteiger partial charge in [-0.05, 0) is 99.4 Å². The Labute approximate surface area is 209 Å². The van der Waals surface area contributed by atoms with Crippen molar-refractivity contribution >= 4 is 45.8 Å². The van der Waals surface area contributed by atoms with Crippen molar-refractivity contribution in [2.75, 3.05) is 17.2 Å². The Balaban J connectivity index is 1.51. The molecule has 2 aromatic heterocycles. The molecule has 0 saturated carbocycles. The number of thiocarbonyl (C=S) groups is 1. The van der Waals surface area contributed by atoms with Crippen molar-refractivity contribution in [1.29, 1.82) is 0 Å². The molecular formula is C26H28FN7S. The first-order valence-corrected chi connectivity index (χ1v) is 11.7. The molecule has 0 saturated heterocycles. The largest absolute Gasteiger partial charge is 0.361 e. The molecule has 0 unspecified atom stereocenters. The highest BCUT2D eigenvalue weighted by atomic mass is 32.1. The van der Waals surface area contributed by atoms with E-state index in [1.54, 1.807) is 6.07 Å². The monoisotopic (exact) mass is 489 g/mol. The maximum atomic E-state index is 13.7. The lowest BCUT2D eigenvalue weighted by molar-refractivity contribution is 0.629. The number of aliphatic imine (C=N–C) groups is 1. The Morgan fingerprint density at radius 3 is 2.49 bits per heavy atom. The highest BCUT2D eigenvalue weighted by Gasteiger charge is 2.09. The van der Waals surface area contributed by atoms with Crippen LogP contribution in [0.1, 0.15) is 28.1 Å². The van der Waals surface area contributed by atoms with Crippen LogP contribution in [0.2, 0.25) is 0 Å². The van der Waals surface area contributed by atoms with E-state index in [1.807, 2.05) is 44.3 Å². The molecular weight excluding hydrogens is 461 g/mol. The molecule has 2 heterocycles. The summed E-state index contributed by atoms with van der Waals surface area (Å²) in [6.07, 6.45) is 2.50. The Morgan fingerprint density at radius 2 is 1.74 bits per heavy atom. The molecule has 35 heavy (non-hydrogen) atoms. The molecule has 0 aliphatic rings. The van der Waals surface area contributed by atoms with Gasteiger partial charge >= 0.3 is 0 Å². The first kappa shape index (κ1) is 24.3. The predicted molar refractivity (Wildman–Crippen MR) is 145 cm³/mol. The number of hydrogen-bond acceptors (Lipinski definition) is 4. The van der Waals surface area contributed by atoms with Crippen LogP contribution in [0.25, 0.3) is 10.9 Å². The second kappa shape index (κ2) is 10.6. The van der Waals surface area contributed by atoms with E-state index in [4.69, 9.17) is 12.2 Å². The number of fused-ring (bicyclic) bond motifs is 1. The molecule has 4 N–H and O–H groups in total. The maximum Gasteiger partial charge on any atom is 0.229 e. The van der Waals surface area contributed by atoms with Crippen LogP contribution in [-0.2, 0) is 6.42 Å². The van der Waals surface area contributed by atoms with Crippen molar-refractivity contribution in [3.63, 3.8) is 0 Å². The molecule has 9 heteroatoms. The van der Waals surface area contributed by atoms with Gasteiger partial charge in [-0.3, -0.25) is 10.3 Å². The number of aromatic amines is 1. The summed E-state index contributed by atoms with van der Waals surface area (Å²) in [5.41, 5.74) is 6.83. The fraction of sp³-hybridized carbons (Fsp3) is 0.231. The molecule has 4 rings (SSSR count). The zero-order chi connectivity index (χ0) is 24.9. The van der Waals surface area contributed by atoms with E-state index in [9.17, 15) is 4.39 Å². The molecule has 0 bridgehead atoms. The second-order valence-corrected chi connectivity index (χ2v) is 8.87. The number of anilines is 2. The van der Waals surface area contributed by atoms with Crippen LogP contribution in [0, 0.1) is 33.5 Å². The molecule has 4 aromatic rings. The lowest BCUT2D eigenvalue weighted by atomic mass is 10.1. The third kappa shape index (κ3) is 6.39. The van der Waals surface area contributed by atoms with Crippen LogP contribution in [0.15, 0.2) is 53.7 Å². The Kier molecular flexibility index (Phi) is 7.36. The molecule has 0 amide bonds. The lowest BCUT2D eigenvalue weighted by Gasteiger charge is -2.15. The molecule has 0 atom stereocenters. The topological polar surface area (TPSA) is 90.0 Å². The Bertz CT molecular complexity index is 1390. The number of H-pyrrole nitrogens is 1. The minimum atomic E-state index is -0.263. The van der Waals surface area contributed by atoms with Crippen molar-refractivity contribution in [3.8, 4) is 0 Å². The average Bonchev–Trinajstić information content (AvgIpc) is 3.17. The molecule has 0 radical (unpaired) electrons. The van der Waals surface area contributed by atoms with Gasteiger partial charge in [-0.2, -0.15) is 0 Å². The number of aryl methyl sites for hydroxylation is 4. The van der Waals surface area contributed by atoms with Crippen LogP contribution in [0.3, 0.4) is 0 Å². The summed E-state index contributed by atoms with van der Waals surface area (Å²) >= 11 is 5.53. The number of aromatic nitrogens is 3. The minimum Gasteiger partial charge on any atom is -0.361 e. The van der Waals surface area contributed by atoms with E-state index in [-0.39, 0.29) is 5.82 Å². The van der Waals surface area contributed by atoms with E-state index in [2.05, 4.69) is 49.7 Å². The predicted octanol–water partition coefficient (Wildman–Crippen LogP) is 5.33. The second-order valence-electron chi connectivity index (χ2n) is 8.46. The van der Waals surface area contributed by atoms with Crippen LogP contribution >= 0.6 is 12.2 Å². The highest BCUT2D eigenvalue weighted by molar-refractivity contribution is 7.80. The third-order valence-corrected chi connectivity index (χ3v) is 5.79. The van der Waals surface area contributed by atoms with Crippen molar-refractivity contribution in [2.24, 2.45) is 4.99 Å². The standard InChI is InChI=1S/C26H28FN7S/c1-15-5-7-21(11-16(15)2)32-26(35)34-24(33-25-30-17(3)12-18(4)31-25)28-10-9-19-14-29-23-8-6-20(27)13-22(19)23/h5-8,11-14,29H,9-10H2,1-4H3,(H3,28,30,31,32,33,34,35). The van der Waals surface area contributed by atoms with Crippen molar-refractivity contribution < 1.29 is 4.39 Å². The SMILES string of the molecule is Cc1cc(C)nc(NC(=NCCc2c[nH]c3ccc(F)cc23)NC(=S)Nc2ccc(C)c(C)c2)n1. The van der Waals surface area contributed by atoms with Crippen LogP contribution in [0.4, 0.5) is 16.0 Å². The molecule has 7 nitrogen and oxygen atoms in total. The van der Waals surface area contributed by atoms with Crippen molar-refractivity contribution in [1.82, 2.24) is 20.3 Å². The quantitative estimate of drug-likeness (QED) is 0.172. The van der Waals surface area contributed by atoms with Gasteiger partial charge in [0.15, 0.2) is 5.11 Å². The summed E-state index contributed by atoms with van der Waals surface area (Å²) in [6, 6.07) is 12.7. The van der Waals surface area contributed by atoms with E-state index in [0.29, 0.717) is 30.0 Å². The Morgan fingerprint density at radius 1 is 0.971 bits per heavy atom. The fourth-order valence-corrected chi connectivity index (χ4v) is 3.95. The first-order valence-electron chi connectivity index (χ1n) is 11.3. The normalized spacial score (nSPS) is 11.5. The van der Waals surface area contributed by atoms with Crippen molar-refractivity contribution in [2.45, 2.75) is 34.1 Å². The number of nitrogens with one attached hydrogen (secondary N) is 4. The van der Waals surface area contributed by atoms with Crippen LogP contribution < -0.4 is 16.0 Å². The van der Waals surface area contributed by atoms with E-state index < -0.39 is 0 Å². The first-order chi connectivity index (χ1) is 16.8. The van der Waals surface area contributed by atoms with Gasteiger partial charge in [0.25, 0.3) is 0 Å². The van der Waals surface area contributed by atoms with Gasteiger partial charge < -0.3 is 15.6 Å². The van der Waals surface area contributed by atoms with Gasteiger partial charge in [-0.15, -0.1) is 0 Å². The summed E-state index contributed by atoms with van der Waals surface area (Å²) in [5.74, 6) is 0.583. The summed E-state index contributed by atoms with van der Waals surface area (Å²) in [4.78, 5) is 16.7. The van der Waals surface area contributed by atoms with Crippen molar-refractivity contribution in [3.05, 3.63) is 82.6 Å². The zero-order valence-electron chi connectivity index (χ0n) is 20.2. The van der Waals surface area contributed by atoms with Crippen LogP contribution in [-0.4, -0.2) is 32.6 Å². The van der Waals surface area contributed by atoms with E-state index in [1.165, 1.54) is 23.3 Å². The van der Waals surface area contributed by atoms with E-state index >= 15 is 0 Å². The summed E-state index contributed by atoms with van der Waals surface area (Å²) in [5, 5.41) is 10.7. The molecule has 0 spiro atoms. The number of hydrogen-bond donors (Lipinski definition) is 4. The van der Waals surface area contributed by atoms with Crippen LogP contribution in [0.5, 0.6) is 0 Å². The number of benzene rings is 2. The number of guanidine groups is 1. The summed E-state index contributed by atoms with van der Waals surface area (Å²) in [6.45, 7) is 8.38. The fourth-order valence-electron chi connectivity index (χ4n) is 3.73. The Hall–Kier alpha value is -3.85. The smallest absolute Gasteiger partial charge is 0.229 e. The van der Waals surface area contributed by atoms with Gasteiger partial charge in [0.05, 0.1) is 0 Å². The lowest BCUT2D eigenvalue weighted by Crippen LogP contribution is -2.39. The number of nitrogens with zero attached hydrogens (tertiary/aromatic N) is 3. The van der Waals surface area contributed by atoms with Gasteiger partial charge in [0, 0.05) is 40.7 Å². The molecule has 0 aliphatic heterocycles. The minimum absolute atomic E-state index is 0.263. The average molecular weight is 490 g/mol. The summed E-state index contributed by atoms with van der Waals surface area (Å²) < 4.78 is 13.7. The maximum absolute atomic E-state index is 13.7. The van der Waals surface area contributed by atoms with Gasteiger partial charge in [0.2, 0.25) is 11.9 Å². The number of halogens is 1. The third-order valence-electron chi connectivity index (χ3n) is 5.59. The molecule has 0 aliphatic carbocycles. The van der Waals surface area contributed by atoms with Gasteiger partial charge in [-0.25, -0.2) is 14.4 Å². The highest BCUT2D eigenvalue weighted by Crippen LogP contribution is 2.20. The molecule has 180 valence electrons. The van der Waals surface area contributed by atoms with E-state index in [0.717, 1.165) is 33.5 Å². The zero-order valence-corrected chi connectivity index (χ0v) is 21.0.